The van der Waals surface area contributed by atoms with E-state index in [0.717, 1.165) is 89.4 Å². The van der Waals surface area contributed by atoms with Crippen LogP contribution in [0.25, 0.3) is 265 Å². The minimum atomic E-state index is 0.650. The summed E-state index contributed by atoms with van der Waals surface area (Å²) in [4.78, 5) is 33.0. The van der Waals surface area contributed by atoms with Gasteiger partial charge in [-0.1, -0.05) is 437 Å². The van der Waals surface area contributed by atoms with E-state index in [1.54, 1.807) is 12.7 Å². The van der Waals surface area contributed by atoms with Gasteiger partial charge in [0.25, 0.3) is 0 Å². The lowest BCUT2D eigenvalue weighted by atomic mass is 9.91. The van der Waals surface area contributed by atoms with Gasteiger partial charge >= 0.3 is 0 Å². The normalized spacial score (nSPS) is 11.3. The van der Waals surface area contributed by atoms with Crippen LogP contribution in [0.2, 0.25) is 0 Å². The highest BCUT2D eigenvalue weighted by Gasteiger charge is 2.20. The second-order valence-corrected chi connectivity index (χ2v) is 36.6. The van der Waals surface area contributed by atoms with Crippen molar-refractivity contribution in [2.45, 2.75) is 0 Å². The van der Waals surface area contributed by atoms with Gasteiger partial charge in [-0.2, -0.15) is 0 Å². The fourth-order valence-corrected chi connectivity index (χ4v) is 20.8. The molecule has 3 aromatic heterocycles. The molecule has 3 heterocycles. The molecule has 0 unspecified atom stereocenters. The lowest BCUT2D eigenvalue weighted by Crippen LogP contribution is -1.95. The second-order valence-electron chi connectivity index (χ2n) is 36.6. The van der Waals surface area contributed by atoms with Crippen molar-refractivity contribution >= 4 is 97.0 Å². The molecule has 0 aliphatic heterocycles. The number of rotatable bonds is 15. The molecule has 0 aliphatic carbocycles. The highest BCUT2D eigenvalue weighted by atomic mass is 15.0. The van der Waals surface area contributed by atoms with Gasteiger partial charge in [-0.3, -0.25) is 0 Å². The van der Waals surface area contributed by atoms with Crippen molar-refractivity contribution in [3.05, 3.63) is 541 Å². The fourth-order valence-electron chi connectivity index (χ4n) is 20.8. The third-order valence-corrected chi connectivity index (χ3v) is 27.9. The SMILES string of the molecule is c1ccc(-c2cccc(-c3cc(-c4cccc(-c5cccc(-c6ccc7c8ccccc8c8ccccc8c7c6)c5)c4)ncn3)c2)cc1.c1ccc(-c2cccc(-c3ccnc(-c4cccc(-c5cccc(-c6ccc7c8ccccc8c8ccccc8c7c6)c5)c4)n3)c2)cc1.c1ccc(-c2cccc(-c3ncnc(-c4cccc(-c5cccc(-c6ccc7c8ccccc8c8ccccc8c7c6)c5)c4)n3)c2)cc1. The lowest BCUT2D eigenvalue weighted by Gasteiger charge is -2.13. The predicted molar refractivity (Wildman–Crippen MR) is 603 cm³/mol. The molecule has 7 heteroatoms. The molecule has 0 amide bonds. The molecule has 0 N–H and O–H groups in total. The average molecular weight is 1830 g/mol. The second kappa shape index (κ2) is 38.3. The maximum Gasteiger partial charge on any atom is 0.163 e. The van der Waals surface area contributed by atoms with Crippen LogP contribution in [0.4, 0.5) is 0 Å². The molecule has 0 atom stereocenters. The standard InChI is InChI=1S/2C46H30N2.C45H29N3/c1-2-11-31(12-3-1)32-13-9-17-37(26-32)45-29-46(48-30-47-45)38-18-10-16-35(27-38)33-14-8-15-34(25-33)36-23-24-43-41-21-5-4-19-39(41)40-20-6-7-22-42(40)44(43)28-36;1-2-11-31(12-3-1)32-13-9-17-37(28-32)45-25-26-47-46(48-45)38-18-10-16-35(29-38)33-14-8-15-34(27-33)36-23-24-43-41-21-5-4-19-39(41)40-20-6-7-22-42(40)44(43)30-36;1-2-11-30(12-3-1)31-13-9-17-36(26-31)44-46-29-47-45(48-44)37-18-10-16-34(27-37)32-14-8-15-33(25-32)35-23-24-42-40-21-5-4-19-38(40)39-20-6-7-22-41(39)43(42)28-35/h2*1-30H;1-29H. The van der Waals surface area contributed by atoms with E-state index in [0.29, 0.717) is 17.5 Å². The number of fused-ring (bicyclic) bond motifs is 18. The Kier molecular flexibility index (Phi) is 23.0. The Morgan fingerprint density at radius 1 is 0.0972 bits per heavy atom. The number of hydrogen-bond acceptors (Lipinski definition) is 7. The van der Waals surface area contributed by atoms with Crippen LogP contribution >= 0.6 is 0 Å². The summed E-state index contributed by atoms with van der Waals surface area (Å²) in [5.74, 6) is 2.02. The van der Waals surface area contributed by atoms with Gasteiger partial charge in [-0.15, -0.1) is 0 Å². The molecular formula is C137H89N7. The monoisotopic (exact) mass is 1830 g/mol. The van der Waals surface area contributed by atoms with Gasteiger partial charge in [-0.25, -0.2) is 34.9 Å². The zero-order valence-electron chi connectivity index (χ0n) is 78.5. The van der Waals surface area contributed by atoms with E-state index < -0.39 is 0 Å². The quantitative estimate of drug-likeness (QED) is 0.0945. The predicted octanol–water partition coefficient (Wildman–Crippen LogP) is 36.2. The molecule has 144 heavy (non-hydrogen) atoms. The molecule has 7 nitrogen and oxygen atoms in total. The van der Waals surface area contributed by atoms with E-state index in [1.807, 2.05) is 36.5 Å². The van der Waals surface area contributed by atoms with Crippen molar-refractivity contribution in [3.8, 4) is 168 Å². The number of benzene rings is 24. The summed E-state index contributed by atoms with van der Waals surface area (Å²) in [5, 5.41) is 23.1. The van der Waals surface area contributed by atoms with Crippen LogP contribution in [0.5, 0.6) is 0 Å². The molecule has 0 saturated carbocycles. The third-order valence-electron chi connectivity index (χ3n) is 27.9. The first-order chi connectivity index (χ1) is 71.3. The largest absolute Gasteiger partial charge is 0.237 e. The van der Waals surface area contributed by atoms with Crippen LogP contribution in [0, 0.1) is 0 Å². The van der Waals surface area contributed by atoms with Gasteiger partial charge in [0.05, 0.1) is 17.1 Å². The van der Waals surface area contributed by atoms with E-state index >= 15 is 0 Å². The van der Waals surface area contributed by atoms with E-state index in [4.69, 9.17) is 9.97 Å². The summed E-state index contributed by atoms with van der Waals surface area (Å²) in [6.45, 7) is 0. The topological polar surface area (TPSA) is 90.2 Å². The zero-order valence-corrected chi connectivity index (χ0v) is 78.5. The van der Waals surface area contributed by atoms with Crippen LogP contribution in [-0.2, 0) is 0 Å². The minimum absolute atomic E-state index is 0.650. The van der Waals surface area contributed by atoms with Gasteiger partial charge in [-0.05, 0) is 282 Å². The summed E-state index contributed by atoms with van der Waals surface area (Å²) in [5.41, 5.74) is 29.8. The van der Waals surface area contributed by atoms with Crippen molar-refractivity contribution < 1.29 is 0 Å². The summed E-state index contributed by atoms with van der Waals surface area (Å²) >= 11 is 0. The molecule has 0 bridgehead atoms. The van der Waals surface area contributed by atoms with Gasteiger partial charge < -0.3 is 0 Å². The van der Waals surface area contributed by atoms with Crippen LogP contribution in [0.3, 0.4) is 0 Å². The Hall–Kier alpha value is -19.2. The fraction of sp³-hybridized carbons (Fsp3) is 0. The van der Waals surface area contributed by atoms with E-state index in [9.17, 15) is 0 Å². The molecule has 0 saturated heterocycles. The highest BCUT2D eigenvalue weighted by molar-refractivity contribution is 6.28. The van der Waals surface area contributed by atoms with Crippen molar-refractivity contribution in [3.63, 3.8) is 0 Å². The molecule has 0 radical (unpaired) electrons. The Morgan fingerprint density at radius 2 is 0.285 bits per heavy atom. The van der Waals surface area contributed by atoms with Crippen molar-refractivity contribution in [1.29, 1.82) is 0 Å². The molecule has 27 aromatic rings. The molecule has 672 valence electrons. The average Bonchev–Trinajstić information content (AvgIpc) is 0.746. The van der Waals surface area contributed by atoms with Crippen LogP contribution < -0.4 is 0 Å². The van der Waals surface area contributed by atoms with Crippen molar-refractivity contribution in [1.82, 2.24) is 34.9 Å². The summed E-state index contributed by atoms with van der Waals surface area (Å²) in [7, 11) is 0. The lowest BCUT2D eigenvalue weighted by molar-refractivity contribution is 1.07. The van der Waals surface area contributed by atoms with Crippen LogP contribution in [-0.4, -0.2) is 34.9 Å². The minimum Gasteiger partial charge on any atom is -0.237 e. The summed E-state index contributed by atoms with van der Waals surface area (Å²) in [6.07, 6.45) is 5.12. The Bertz CT molecular complexity index is 8630. The molecule has 27 rings (SSSR count). The van der Waals surface area contributed by atoms with Crippen molar-refractivity contribution in [2.75, 3.05) is 0 Å². The maximum atomic E-state index is 5.01. The Labute approximate surface area is 834 Å². The Balaban J connectivity index is 0.000000113. The van der Waals surface area contributed by atoms with E-state index in [2.05, 4.69) is 516 Å². The van der Waals surface area contributed by atoms with E-state index in [-0.39, 0.29) is 0 Å². The third kappa shape index (κ3) is 17.2. The van der Waals surface area contributed by atoms with Gasteiger partial charge in [0, 0.05) is 39.6 Å². The maximum absolute atomic E-state index is 5.01. The highest BCUT2D eigenvalue weighted by Crippen LogP contribution is 2.45. The van der Waals surface area contributed by atoms with E-state index in [1.165, 1.54) is 158 Å². The number of hydrogen-bond donors (Lipinski definition) is 0. The molecule has 0 fully saturated rings. The summed E-state index contributed by atoms with van der Waals surface area (Å²) in [6, 6.07) is 186. The first-order valence-electron chi connectivity index (χ1n) is 48.8. The number of nitrogens with zero attached hydrogens (tertiary/aromatic N) is 7. The molecule has 0 aliphatic rings. The number of aromatic nitrogens is 7. The van der Waals surface area contributed by atoms with Gasteiger partial charge in [0.15, 0.2) is 17.5 Å². The molecule has 24 aromatic carbocycles. The molecule has 0 spiro atoms. The molecular weight excluding hydrogens is 1740 g/mol. The first-order valence-corrected chi connectivity index (χ1v) is 48.8. The van der Waals surface area contributed by atoms with Crippen molar-refractivity contribution in [2.24, 2.45) is 0 Å². The van der Waals surface area contributed by atoms with Gasteiger partial charge in [0.1, 0.15) is 12.7 Å². The van der Waals surface area contributed by atoms with Gasteiger partial charge in [0.2, 0.25) is 0 Å². The van der Waals surface area contributed by atoms with Crippen LogP contribution in [0.15, 0.2) is 541 Å². The Morgan fingerprint density at radius 3 is 0.562 bits per heavy atom. The van der Waals surface area contributed by atoms with Crippen LogP contribution in [0.1, 0.15) is 0 Å². The smallest absolute Gasteiger partial charge is 0.163 e. The first kappa shape index (κ1) is 86.4. The zero-order chi connectivity index (χ0) is 95.6. The summed E-state index contributed by atoms with van der Waals surface area (Å²) < 4.78 is 0.